The second-order valence-corrected chi connectivity index (χ2v) is 9.68. The van der Waals surface area contributed by atoms with Gasteiger partial charge in [0.05, 0.1) is 24.4 Å². The molecule has 3 aromatic rings. The molecule has 0 aliphatic carbocycles. The van der Waals surface area contributed by atoms with Crippen LogP contribution in [0.4, 0.5) is 0 Å². The second kappa shape index (κ2) is 8.35. The van der Waals surface area contributed by atoms with E-state index in [2.05, 4.69) is 5.43 Å². The first-order valence-electron chi connectivity index (χ1n) is 10.6. The Balaban J connectivity index is 1.46. The molecule has 8 nitrogen and oxygen atoms in total. The number of amides is 2. The molecule has 0 fully saturated rings. The zero-order chi connectivity index (χ0) is 23.9. The van der Waals surface area contributed by atoms with Gasteiger partial charge in [-0.3, -0.25) is 15.0 Å². The summed E-state index contributed by atoms with van der Waals surface area (Å²) in [5.41, 5.74) is 5.54. The number of carbonyl (C=O) groups is 2. The van der Waals surface area contributed by atoms with Gasteiger partial charge in [0.25, 0.3) is 21.8 Å². The molecule has 172 valence electrons. The first-order valence-corrected chi connectivity index (χ1v) is 12.0. The standard InChI is InChI=1S/C25H21N3O5S/c1-33-19-13-11-18(12-14-19)22-15-21(17-7-3-2-4-8-17)26-28(22)24(29)16-27-25(30)20-9-5-6-10-23(20)34(27,31)32/h2-15,22,26H,16H2,1H3/t22-/m0/s1. The summed E-state index contributed by atoms with van der Waals surface area (Å²) in [5, 5.41) is 1.36. The van der Waals surface area contributed by atoms with Crippen LogP contribution in [0, 0.1) is 0 Å². The first kappa shape index (κ1) is 21.7. The molecule has 1 N–H and O–H groups in total. The summed E-state index contributed by atoms with van der Waals surface area (Å²) < 4.78 is 31.7. The number of ether oxygens (including phenoxy) is 1. The first-order chi connectivity index (χ1) is 16.4. The van der Waals surface area contributed by atoms with Crippen molar-refractivity contribution in [1.29, 1.82) is 0 Å². The summed E-state index contributed by atoms with van der Waals surface area (Å²) in [6.45, 7) is -0.620. The van der Waals surface area contributed by atoms with Crippen molar-refractivity contribution in [3.8, 4) is 5.75 Å². The molecule has 5 rings (SSSR count). The average Bonchev–Trinajstić information content (AvgIpc) is 3.39. The topological polar surface area (TPSA) is 96.0 Å². The van der Waals surface area contributed by atoms with Crippen molar-refractivity contribution in [3.63, 3.8) is 0 Å². The molecular formula is C25H21N3O5S. The van der Waals surface area contributed by atoms with Gasteiger partial charge >= 0.3 is 0 Å². The van der Waals surface area contributed by atoms with Crippen LogP contribution in [0.15, 0.2) is 89.8 Å². The second-order valence-electron chi connectivity index (χ2n) is 7.85. The third kappa shape index (κ3) is 3.60. The van der Waals surface area contributed by atoms with Crippen molar-refractivity contribution in [3.05, 3.63) is 102 Å². The van der Waals surface area contributed by atoms with E-state index in [-0.39, 0.29) is 10.5 Å². The molecule has 2 aliphatic rings. The molecule has 0 spiro atoms. The predicted octanol–water partition coefficient (Wildman–Crippen LogP) is 2.97. The van der Waals surface area contributed by atoms with Crippen molar-refractivity contribution in [2.24, 2.45) is 0 Å². The number of rotatable bonds is 5. The number of fused-ring (bicyclic) bond motifs is 1. The monoisotopic (exact) mass is 475 g/mol. The summed E-state index contributed by atoms with van der Waals surface area (Å²) >= 11 is 0. The number of sulfonamides is 1. The van der Waals surface area contributed by atoms with Crippen molar-refractivity contribution in [1.82, 2.24) is 14.7 Å². The maximum Gasteiger partial charge on any atom is 0.269 e. The summed E-state index contributed by atoms with van der Waals surface area (Å²) in [7, 11) is -2.53. The largest absolute Gasteiger partial charge is 0.497 e. The SMILES string of the molecule is COc1ccc([C@@H]2C=C(c3ccccc3)NN2C(=O)CN2C(=O)c3ccccc3S2(=O)=O)cc1. The lowest BCUT2D eigenvalue weighted by Gasteiger charge is -2.27. The number of benzene rings is 3. The smallest absolute Gasteiger partial charge is 0.269 e. The lowest BCUT2D eigenvalue weighted by atomic mass is 10.0. The van der Waals surface area contributed by atoms with Crippen LogP contribution in [0.1, 0.15) is 27.5 Å². The zero-order valence-electron chi connectivity index (χ0n) is 18.2. The fourth-order valence-electron chi connectivity index (χ4n) is 4.10. The minimum atomic E-state index is -4.10. The molecule has 2 aliphatic heterocycles. The highest BCUT2D eigenvalue weighted by atomic mass is 32.2. The van der Waals surface area contributed by atoms with Crippen molar-refractivity contribution < 1.29 is 22.7 Å². The highest BCUT2D eigenvalue weighted by molar-refractivity contribution is 7.90. The Morgan fingerprint density at radius 1 is 0.971 bits per heavy atom. The van der Waals surface area contributed by atoms with Gasteiger partial charge in [-0.2, -0.15) is 0 Å². The van der Waals surface area contributed by atoms with E-state index >= 15 is 0 Å². The van der Waals surface area contributed by atoms with Gasteiger partial charge in [0.2, 0.25) is 0 Å². The lowest BCUT2D eigenvalue weighted by Crippen LogP contribution is -2.46. The summed E-state index contributed by atoms with van der Waals surface area (Å²) in [4.78, 5) is 26.1. The van der Waals surface area contributed by atoms with Gasteiger partial charge in [0, 0.05) is 0 Å². The molecule has 9 heteroatoms. The fourth-order valence-corrected chi connectivity index (χ4v) is 5.62. The van der Waals surface area contributed by atoms with Crippen molar-refractivity contribution in [2.75, 3.05) is 13.7 Å². The number of nitrogens with one attached hydrogen (secondary N) is 1. The van der Waals surface area contributed by atoms with E-state index in [9.17, 15) is 18.0 Å². The number of nitrogens with zero attached hydrogens (tertiary/aromatic N) is 2. The highest BCUT2D eigenvalue weighted by Crippen LogP contribution is 2.34. The van der Waals surface area contributed by atoms with E-state index in [0.29, 0.717) is 15.8 Å². The zero-order valence-corrected chi connectivity index (χ0v) is 19.0. The van der Waals surface area contributed by atoms with Gasteiger partial charge < -0.3 is 4.74 Å². The third-order valence-corrected chi connectivity index (χ3v) is 7.63. The molecule has 0 bridgehead atoms. The minimum Gasteiger partial charge on any atom is -0.497 e. The molecule has 0 saturated carbocycles. The maximum absolute atomic E-state index is 13.4. The van der Waals surface area contributed by atoms with Gasteiger partial charge in [0.15, 0.2) is 0 Å². The van der Waals surface area contributed by atoms with Crippen LogP contribution in [0.5, 0.6) is 5.75 Å². The van der Waals surface area contributed by atoms with E-state index in [1.807, 2.05) is 48.5 Å². The van der Waals surface area contributed by atoms with E-state index < -0.39 is 34.4 Å². The molecule has 0 saturated heterocycles. The normalized spacial score (nSPS) is 18.3. The molecule has 0 radical (unpaired) electrons. The number of carbonyl (C=O) groups excluding carboxylic acids is 2. The van der Waals surface area contributed by atoms with Crippen LogP contribution in [0.25, 0.3) is 5.70 Å². The maximum atomic E-state index is 13.4. The van der Waals surface area contributed by atoms with Crippen LogP contribution in [0.3, 0.4) is 0 Å². The fraction of sp³-hybridized carbons (Fsp3) is 0.120. The van der Waals surface area contributed by atoms with Crippen LogP contribution >= 0.6 is 0 Å². The Labute approximate surface area is 197 Å². The van der Waals surface area contributed by atoms with E-state index in [1.54, 1.807) is 31.4 Å². The quantitative estimate of drug-likeness (QED) is 0.610. The predicted molar refractivity (Wildman–Crippen MR) is 125 cm³/mol. The average molecular weight is 476 g/mol. The van der Waals surface area contributed by atoms with Gasteiger partial charge in [-0.25, -0.2) is 17.7 Å². The number of hydrogen-bond donors (Lipinski definition) is 1. The van der Waals surface area contributed by atoms with Crippen LogP contribution in [-0.2, 0) is 14.8 Å². The van der Waals surface area contributed by atoms with Crippen LogP contribution < -0.4 is 10.2 Å². The number of hydrogen-bond acceptors (Lipinski definition) is 6. The van der Waals surface area contributed by atoms with Crippen LogP contribution in [0.2, 0.25) is 0 Å². The molecular weight excluding hydrogens is 454 g/mol. The van der Waals surface area contributed by atoms with Crippen LogP contribution in [-0.4, -0.2) is 43.2 Å². The molecule has 1 atom stereocenters. The summed E-state index contributed by atoms with van der Waals surface area (Å²) in [6, 6.07) is 22.2. The summed E-state index contributed by atoms with van der Waals surface area (Å²) in [5.74, 6) is -0.598. The Morgan fingerprint density at radius 2 is 1.65 bits per heavy atom. The van der Waals surface area contributed by atoms with Gasteiger partial charge in [-0.05, 0) is 41.5 Å². The Hall–Kier alpha value is -4.11. The van der Waals surface area contributed by atoms with Crippen molar-refractivity contribution >= 4 is 27.5 Å². The van der Waals surface area contributed by atoms with E-state index in [1.165, 1.54) is 17.1 Å². The molecule has 34 heavy (non-hydrogen) atoms. The molecule has 0 aromatic heterocycles. The minimum absolute atomic E-state index is 0.0690. The number of methoxy groups -OCH3 is 1. The molecule has 3 aromatic carbocycles. The number of hydrazine groups is 1. The van der Waals surface area contributed by atoms with E-state index in [4.69, 9.17) is 4.74 Å². The van der Waals surface area contributed by atoms with Gasteiger partial charge in [0.1, 0.15) is 17.2 Å². The highest BCUT2D eigenvalue weighted by Gasteiger charge is 2.43. The third-order valence-electron chi connectivity index (χ3n) is 5.85. The molecule has 2 amide bonds. The van der Waals surface area contributed by atoms with Gasteiger partial charge in [-0.1, -0.05) is 54.6 Å². The van der Waals surface area contributed by atoms with Crippen molar-refractivity contribution in [2.45, 2.75) is 10.9 Å². The summed E-state index contributed by atoms with van der Waals surface area (Å²) in [6.07, 6.45) is 1.89. The molecule has 0 unspecified atom stereocenters. The Morgan fingerprint density at radius 3 is 2.32 bits per heavy atom. The van der Waals surface area contributed by atoms with E-state index in [0.717, 1.165) is 11.1 Å². The lowest BCUT2D eigenvalue weighted by molar-refractivity contribution is -0.134. The Kier molecular flexibility index (Phi) is 5.33. The molecule has 2 heterocycles. The van der Waals surface area contributed by atoms with Gasteiger partial charge in [-0.15, -0.1) is 0 Å². The Bertz CT molecular complexity index is 1400.